The van der Waals surface area contributed by atoms with E-state index in [1.165, 1.54) is 4.88 Å². The molecule has 0 atom stereocenters. The summed E-state index contributed by atoms with van der Waals surface area (Å²) < 4.78 is 32.8. The van der Waals surface area contributed by atoms with Crippen LogP contribution in [0.4, 0.5) is 13.2 Å². The van der Waals surface area contributed by atoms with Crippen LogP contribution in [0.25, 0.3) is 21.0 Å². The number of fused-ring (bicyclic) bond motifs is 3. The maximum atomic E-state index is 11.8. The molecule has 0 amide bonds. The van der Waals surface area contributed by atoms with Crippen molar-refractivity contribution in [2.45, 2.75) is 13.1 Å². The smallest absolute Gasteiger partial charge is 0.475 e. The van der Waals surface area contributed by atoms with Crippen LogP contribution in [0.5, 0.6) is 0 Å². The Hall–Kier alpha value is -2.35. The third kappa shape index (κ3) is 3.28. The predicted molar refractivity (Wildman–Crippen MR) is 78.4 cm³/mol. The van der Waals surface area contributed by atoms with E-state index < -0.39 is 12.1 Å². The molecule has 0 saturated carbocycles. The second kappa shape index (κ2) is 5.80. The van der Waals surface area contributed by atoms with Crippen molar-refractivity contribution in [1.29, 1.82) is 0 Å². The van der Waals surface area contributed by atoms with Gasteiger partial charge in [-0.1, -0.05) is 18.2 Å². The third-order valence-electron chi connectivity index (χ3n) is 2.76. The number of thiophene rings is 1. The number of aromatic nitrogens is 1. The van der Waals surface area contributed by atoms with Crippen molar-refractivity contribution < 1.29 is 23.1 Å². The van der Waals surface area contributed by atoms with Crippen LogP contribution in [0, 0.1) is 6.92 Å². The molecule has 0 aliphatic rings. The van der Waals surface area contributed by atoms with E-state index in [0.717, 1.165) is 21.0 Å². The van der Waals surface area contributed by atoms with Crippen molar-refractivity contribution in [3.8, 4) is 0 Å². The number of aromatic amines is 1. The number of rotatable bonds is 0. The van der Waals surface area contributed by atoms with Crippen LogP contribution in [-0.2, 0) is 4.79 Å². The van der Waals surface area contributed by atoms with Crippen molar-refractivity contribution in [3.63, 3.8) is 0 Å². The molecule has 0 aliphatic carbocycles. The van der Waals surface area contributed by atoms with Gasteiger partial charge in [0.2, 0.25) is 0 Å². The van der Waals surface area contributed by atoms with Crippen LogP contribution in [0.15, 0.2) is 35.1 Å². The predicted octanol–water partition coefficient (Wildman–Crippen LogP) is 3.68. The van der Waals surface area contributed by atoms with Gasteiger partial charge in [-0.25, -0.2) is 4.79 Å². The summed E-state index contributed by atoms with van der Waals surface area (Å²) in [5.74, 6) is -2.76. The minimum atomic E-state index is -5.08. The van der Waals surface area contributed by atoms with Gasteiger partial charge >= 0.3 is 12.1 Å². The molecule has 2 heterocycles. The normalized spacial score (nSPS) is 11.3. The van der Waals surface area contributed by atoms with Crippen molar-refractivity contribution in [1.82, 2.24) is 4.98 Å². The lowest BCUT2D eigenvalue weighted by Crippen LogP contribution is -2.21. The summed E-state index contributed by atoms with van der Waals surface area (Å²) in [5, 5.41) is 9.06. The number of aryl methyl sites for hydroxylation is 1. The monoisotopic (exact) mass is 329 g/mol. The summed E-state index contributed by atoms with van der Waals surface area (Å²) >= 11 is 1.68. The average molecular weight is 329 g/mol. The Morgan fingerprint density at radius 3 is 2.41 bits per heavy atom. The van der Waals surface area contributed by atoms with Crippen LogP contribution in [-0.4, -0.2) is 22.2 Å². The number of nitrogens with one attached hydrogen (secondary N) is 1. The van der Waals surface area contributed by atoms with E-state index >= 15 is 0 Å². The highest BCUT2D eigenvalue weighted by atomic mass is 32.1. The first-order valence-electron chi connectivity index (χ1n) is 6.01. The Kier molecular flexibility index (Phi) is 4.23. The van der Waals surface area contributed by atoms with E-state index in [-0.39, 0.29) is 5.56 Å². The Morgan fingerprint density at radius 2 is 1.82 bits per heavy atom. The highest BCUT2D eigenvalue weighted by molar-refractivity contribution is 7.20. The average Bonchev–Trinajstić information content (AvgIpc) is 2.81. The van der Waals surface area contributed by atoms with Gasteiger partial charge in [0, 0.05) is 20.5 Å². The second-order valence-electron chi connectivity index (χ2n) is 4.40. The maximum Gasteiger partial charge on any atom is 0.490 e. The van der Waals surface area contributed by atoms with Crippen molar-refractivity contribution in [2.75, 3.05) is 0 Å². The molecular formula is C14H10F3NO3S. The Bertz CT molecular complexity index is 896. The highest BCUT2D eigenvalue weighted by Gasteiger charge is 2.38. The number of carboxylic acid groups (broad SMARTS) is 1. The molecule has 0 fully saturated rings. The van der Waals surface area contributed by atoms with Gasteiger partial charge in [-0.3, -0.25) is 4.79 Å². The van der Waals surface area contributed by atoms with Crippen molar-refractivity contribution in [3.05, 3.63) is 45.6 Å². The summed E-state index contributed by atoms with van der Waals surface area (Å²) in [7, 11) is 0. The Morgan fingerprint density at radius 1 is 1.23 bits per heavy atom. The molecule has 22 heavy (non-hydrogen) atoms. The molecule has 0 saturated heterocycles. The van der Waals surface area contributed by atoms with Gasteiger partial charge in [-0.05, 0) is 19.1 Å². The molecular weight excluding hydrogens is 319 g/mol. The zero-order chi connectivity index (χ0) is 16.5. The quantitative estimate of drug-likeness (QED) is 0.661. The summed E-state index contributed by atoms with van der Waals surface area (Å²) in [6, 6.07) is 9.86. The number of hydrogen-bond acceptors (Lipinski definition) is 3. The van der Waals surface area contributed by atoms with E-state index in [4.69, 9.17) is 9.90 Å². The molecule has 0 aliphatic heterocycles. The number of carbonyl (C=O) groups is 1. The van der Waals surface area contributed by atoms with Crippen LogP contribution < -0.4 is 5.56 Å². The molecule has 4 nitrogen and oxygen atoms in total. The first-order valence-corrected chi connectivity index (χ1v) is 6.83. The molecule has 1 aromatic carbocycles. The Balaban J connectivity index is 0.000000217. The maximum absolute atomic E-state index is 11.8. The number of para-hydroxylation sites is 1. The second-order valence-corrected chi connectivity index (χ2v) is 5.66. The molecule has 8 heteroatoms. The summed E-state index contributed by atoms with van der Waals surface area (Å²) in [6.45, 7) is 2.03. The molecule has 2 N–H and O–H groups in total. The van der Waals surface area contributed by atoms with Crippen LogP contribution >= 0.6 is 11.3 Å². The van der Waals surface area contributed by atoms with E-state index in [0.29, 0.717) is 0 Å². The van der Waals surface area contributed by atoms with Gasteiger partial charge in [0.05, 0.1) is 5.39 Å². The first-order chi connectivity index (χ1) is 10.2. The van der Waals surface area contributed by atoms with E-state index in [1.807, 2.05) is 37.3 Å². The molecule has 116 valence electrons. The van der Waals surface area contributed by atoms with E-state index in [9.17, 15) is 18.0 Å². The lowest BCUT2D eigenvalue weighted by molar-refractivity contribution is -0.192. The van der Waals surface area contributed by atoms with E-state index in [2.05, 4.69) is 4.98 Å². The number of pyridine rings is 1. The number of alkyl halides is 3. The largest absolute Gasteiger partial charge is 0.490 e. The fourth-order valence-corrected chi connectivity index (χ4v) is 2.91. The number of hydrogen-bond donors (Lipinski definition) is 2. The Labute approximate surface area is 125 Å². The van der Waals surface area contributed by atoms with Gasteiger partial charge in [0.15, 0.2) is 0 Å². The minimum Gasteiger partial charge on any atom is -0.475 e. The van der Waals surface area contributed by atoms with Gasteiger partial charge in [-0.2, -0.15) is 13.2 Å². The first kappa shape index (κ1) is 16.0. The zero-order valence-electron chi connectivity index (χ0n) is 11.2. The number of benzene rings is 1. The number of H-pyrrole nitrogens is 1. The SMILES string of the molecule is Cc1cc2c(=O)[nH]c3ccccc3c2s1.O=C(O)C(F)(F)F. The number of carboxylic acids is 1. The lowest BCUT2D eigenvalue weighted by atomic mass is 10.2. The van der Waals surface area contributed by atoms with Gasteiger partial charge in [0.25, 0.3) is 5.56 Å². The van der Waals surface area contributed by atoms with Crippen LogP contribution in [0.3, 0.4) is 0 Å². The fraction of sp³-hybridized carbons (Fsp3) is 0.143. The zero-order valence-corrected chi connectivity index (χ0v) is 12.0. The van der Waals surface area contributed by atoms with E-state index in [1.54, 1.807) is 11.3 Å². The van der Waals surface area contributed by atoms with Crippen LogP contribution in [0.2, 0.25) is 0 Å². The molecule has 3 aromatic rings. The standard InChI is InChI=1S/C12H9NOS.C2HF3O2/c1-7-6-9-11(15-7)8-4-2-3-5-10(8)13-12(9)14;3-2(4,5)1(6)7/h2-6H,1H3,(H,13,14);(H,6,7). The summed E-state index contributed by atoms with van der Waals surface area (Å²) in [6.07, 6.45) is -5.08. The van der Waals surface area contributed by atoms with Crippen LogP contribution in [0.1, 0.15) is 4.88 Å². The summed E-state index contributed by atoms with van der Waals surface area (Å²) in [4.78, 5) is 24.7. The molecule has 0 unspecified atom stereocenters. The highest BCUT2D eigenvalue weighted by Crippen LogP contribution is 2.28. The topological polar surface area (TPSA) is 70.2 Å². The van der Waals surface area contributed by atoms with Gasteiger partial charge < -0.3 is 10.1 Å². The fourth-order valence-electron chi connectivity index (χ4n) is 1.86. The van der Waals surface area contributed by atoms with Gasteiger partial charge in [0.1, 0.15) is 0 Å². The molecule has 0 spiro atoms. The third-order valence-corrected chi connectivity index (χ3v) is 3.85. The molecule has 3 rings (SSSR count). The minimum absolute atomic E-state index is 0.00745. The molecule has 2 aromatic heterocycles. The number of aliphatic carboxylic acids is 1. The van der Waals surface area contributed by atoms with Crippen molar-refractivity contribution >= 4 is 38.3 Å². The molecule has 0 bridgehead atoms. The lowest BCUT2D eigenvalue weighted by Gasteiger charge is -1.97. The number of halogens is 3. The summed E-state index contributed by atoms with van der Waals surface area (Å²) in [5.41, 5.74) is 0.921. The van der Waals surface area contributed by atoms with Crippen molar-refractivity contribution in [2.24, 2.45) is 0 Å². The van der Waals surface area contributed by atoms with Gasteiger partial charge in [-0.15, -0.1) is 11.3 Å². The molecule has 0 radical (unpaired) electrons.